The van der Waals surface area contributed by atoms with Crippen LogP contribution in [-0.4, -0.2) is 18.2 Å². The highest BCUT2D eigenvalue weighted by Gasteiger charge is 2.15. The largest absolute Gasteiger partial charge is 0.508 e. The van der Waals surface area contributed by atoms with Gasteiger partial charge in [0.1, 0.15) is 5.75 Å². The van der Waals surface area contributed by atoms with E-state index in [0.717, 1.165) is 11.1 Å². The van der Waals surface area contributed by atoms with Crippen LogP contribution >= 0.6 is 0 Å². The molecule has 0 amide bonds. The van der Waals surface area contributed by atoms with E-state index >= 15 is 0 Å². The third-order valence-corrected chi connectivity index (χ3v) is 3.09. The molecule has 0 aromatic heterocycles. The summed E-state index contributed by atoms with van der Waals surface area (Å²) in [6, 6.07) is 6.86. The summed E-state index contributed by atoms with van der Waals surface area (Å²) in [6.45, 7) is 6.06. The topological polar surface area (TPSA) is 46.5 Å². The number of hydrogen-bond acceptors (Lipinski definition) is 3. The molecule has 1 aromatic rings. The SMILES string of the molecule is COC(=O)C(Cc1ccc(O)cc1)=C(C)C(C)C. The summed E-state index contributed by atoms with van der Waals surface area (Å²) < 4.78 is 4.83. The Bertz CT molecular complexity index is 441. The van der Waals surface area contributed by atoms with Crippen LogP contribution in [0.5, 0.6) is 5.75 Å². The molecule has 0 atom stereocenters. The van der Waals surface area contributed by atoms with Crippen molar-refractivity contribution < 1.29 is 14.6 Å². The predicted molar refractivity (Wildman–Crippen MR) is 71.4 cm³/mol. The van der Waals surface area contributed by atoms with Crippen molar-refractivity contribution in [3.05, 3.63) is 41.0 Å². The molecule has 0 aliphatic heterocycles. The number of phenols is 1. The number of carbonyl (C=O) groups excluding carboxylic acids is 1. The zero-order valence-corrected chi connectivity index (χ0v) is 11.4. The molecule has 0 heterocycles. The molecule has 0 aliphatic rings. The van der Waals surface area contributed by atoms with E-state index in [2.05, 4.69) is 13.8 Å². The first-order valence-electron chi connectivity index (χ1n) is 6.01. The van der Waals surface area contributed by atoms with E-state index in [0.29, 0.717) is 17.9 Å². The number of hydrogen-bond donors (Lipinski definition) is 1. The number of esters is 1. The van der Waals surface area contributed by atoms with E-state index in [-0.39, 0.29) is 11.7 Å². The average Bonchev–Trinajstić information content (AvgIpc) is 2.36. The molecule has 0 saturated carbocycles. The Hall–Kier alpha value is -1.77. The van der Waals surface area contributed by atoms with Crippen molar-refractivity contribution in [1.29, 1.82) is 0 Å². The van der Waals surface area contributed by atoms with Crippen LogP contribution in [-0.2, 0) is 16.0 Å². The second-order valence-corrected chi connectivity index (χ2v) is 4.65. The molecule has 0 radical (unpaired) electrons. The standard InChI is InChI=1S/C15H20O3/c1-10(2)11(3)14(15(17)18-4)9-12-5-7-13(16)8-6-12/h5-8,10,16H,9H2,1-4H3. The van der Waals surface area contributed by atoms with Crippen LogP contribution in [0.25, 0.3) is 0 Å². The van der Waals surface area contributed by atoms with E-state index < -0.39 is 0 Å². The van der Waals surface area contributed by atoms with Crippen LogP contribution in [0.4, 0.5) is 0 Å². The molecule has 0 aliphatic carbocycles. The molecule has 0 saturated heterocycles. The van der Waals surface area contributed by atoms with Gasteiger partial charge in [-0.25, -0.2) is 4.79 Å². The molecule has 0 unspecified atom stereocenters. The van der Waals surface area contributed by atoms with Crippen molar-refractivity contribution in [3.8, 4) is 5.75 Å². The molecule has 1 rings (SSSR count). The van der Waals surface area contributed by atoms with E-state index in [4.69, 9.17) is 4.74 Å². The van der Waals surface area contributed by atoms with Gasteiger partial charge in [-0.05, 0) is 30.5 Å². The van der Waals surface area contributed by atoms with Crippen molar-refractivity contribution in [2.75, 3.05) is 7.11 Å². The molecule has 0 bridgehead atoms. The molecule has 18 heavy (non-hydrogen) atoms. The molecule has 3 heteroatoms. The van der Waals surface area contributed by atoms with Crippen LogP contribution in [0.1, 0.15) is 26.3 Å². The monoisotopic (exact) mass is 248 g/mol. The van der Waals surface area contributed by atoms with Crippen molar-refractivity contribution in [3.63, 3.8) is 0 Å². The van der Waals surface area contributed by atoms with Gasteiger partial charge in [-0.1, -0.05) is 31.6 Å². The maximum absolute atomic E-state index is 11.8. The summed E-state index contributed by atoms with van der Waals surface area (Å²) in [6.07, 6.45) is 0.525. The van der Waals surface area contributed by atoms with Gasteiger partial charge in [0, 0.05) is 12.0 Å². The maximum Gasteiger partial charge on any atom is 0.334 e. The summed E-state index contributed by atoms with van der Waals surface area (Å²) in [5.74, 6) is 0.244. The molecule has 0 fully saturated rings. The minimum atomic E-state index is -0.283. The van der Waals surface area contributed by atoms with Gasteiger partial charge in [-0.15, -0.1) is 0 Å². The average molecular weight is 248 g/mol. The van der Waals surface area contributed by atoms with Crippen LogP contribution in [0.2, 0.25) is 0 Å². The summed E-state index contributed by atoms with van der Waals surface area (Å²) in [4.78, 5) is 11.8. The van der Waals surface area contributed by atoms with Gasteiger partial charge in [-0.2, -0.15) is 0 Å². The molecular weight excluding hydrogens is 228 g/mol. The third kappa shape index (κ3) is 3.62. The molecule has 3 nitrogen and oxygen atoms in total. The van der Waals surface area contributed by atoms with Gasteiger partial charge in [0.05, 0.1) is 7.11 Å². The summed E-state index contributed by atoms with van der Waals surface area (Å²) >= 11 is 0. The lowest BCUT2D eigenvalue weighted by Gasteiger charge is -2.13. The van der Waals surface area contributed by atoms with Crippen molar-refractivity contribution in [2.24, 2.45) is 5.92 Å². The molecule has 1 N–H and O–H groups in total. The fourth-order valence-electron chi connectivity index (χ4n) is 1.66. The Labute approximate surface area is 108 Å². The number of carbonyl (C=O) groups is 1. The number of benzene rings is 1. The maximum atomic E-state index is 11.8. The van der Waals surface area contributed by atoms with Gasteiger partial charge >= 0.3 is 5.97 Å². The Morgan fingerprint density at radius 2 is 1.83 bits per heavy atom. The van der Waals surface area contributed by atoms with E-state index in [1.54, 1.807) is 12.1 Å². The molecule has 1 aromatic carbocycles. The highest BCUT2D eigenvalue weighted by atomic mass is 16.5. The van der Waals surface area contributed by atoms with Crippen molar-refractivity contribution >= 4 is 5.97 Å². The van der Waals surface area contributed by atoms with Crippen LogP contribution in [0, 0.1) is 5.92 Å². The number of aromatic hydroxyl groups is 1. The number of allylic oxidation sites excluding steroid dienone is 1. The number of ether oxygens (including phenoxy) is 1. The fourth-order valence-corrected chi connectivity index (χ4v) is 1.66. The second kappa shape index (κ2) is 6.24. The lowest BCUT2D eigenvalue weighted by Crippen LogP contribution is -2.12. The Balaban J connectivity index is 3.03. The minimum absolute atomic E-state index is 0.225. The van der Waals surface area contributed by atoms with Gasteiger partial charge in [-0.3, -0.25) is 0 Å². The van der Waals surface area contributed by atoms with Crippen LogP contribution < -0.4 is 0 Å². The first-order valence-corrected chi connectivity index (χ1v) is 6.01. The van der Waals surface area contributed by atoms with Gasteiger partial charge in [0.15, 0.2) is 0 Å². The van der Waals surface area contributed by atoms with Gasteiger partial charge in [0.25, 0.3) is 0 Å². The van der Waals surface area contributed by atoms with E-state index in [1.165, 1.54) is 7.11 Å². The zero-order valence-electron chi connectivity index (χ0n) is 11.4. The Kier molecular flexibility index (Phi) is 4.95. The predicted octanol–water partition coefficient (Wildman–Crippen LogP) is 3.08. The Morgan fingerprint density at radius 1 is 1.28 bits per heavy atom. The first-order chi connectivity index (χ1) is 8.45. The smallest absolute Gasteiger partial charge is 0.334 e. The highest BCUT2D eigenvalue weighted by Crippen LogP contribution is 2.20. The first kappa shape index (κ1) is 14.3. The van der Waals surface area contributed by atoms with Crippen molar-refractivity contribution in [1.82, 2.24) is 0 Å². The zero-order chi connectivity index (χ0) is 13.7. The third-order valence-electron chi connectivity index (χ3n) is 3.09. The highest BCUT2D eigenvalue weighted by molar-refractivity contribution is 5.89. The molecule has 98 valence electrons. The van der Waals surface area contributed by atoms with E-state index in [1.807, 2.05) is 19.1 Å². The minimum Gasteiger partial charge on any atom is -0.508 e. The molecule has 0 spiro atoms. The molecular formula is C15H20O3. The Morgan fingerprint density at radius 3 is 2.28 bits per heavy atom. The lowest BCUT2D eigenvalue weighted by atomic mass is 9.94. The van der Waals surface area contributed by atoms with Gasteiger partial charge < -0.3 is 9.84 Å². The number of phenolic OH excluding ortho intramolecular Hbond substituents is 1. The van der Waals surface area contributed by atoms with Crippen molar-refractivity contribution in [2.45, 2.75) is 27.2 Å². The normalized spacial score (nSPS) is 12.3. The quantitative estimate of drug-likeness (QED) is 0.658. The number of methoxy groups -OCH3 is 1. The van der Waals surface area contributed by atoms with Crippen LogP contribution in [0.3, 0.4) is 0 Å². The fraction of sp³-hybridized carbons (Fsp3) is 0.400. The summed E-state index contributed by atoms with van der Waals surface area (Å²) in [7, 11) is 1.40. The summed E-state index contributed by atoms with van der Waals surface area (Å²) in [5.41, 5.74) is 2.71. The van der Waals surface area contributed by atoms with Crippen LogP contribution in [0.15, 0.2) is 35.4 Å². The van der Waals surface area contributed by atoms with E-state index in [9.17, 15) is 9.90 Å². The summed E-state index contributed by atoms with van der Waals surface area (Å²) in [5, 5.41) is 9.24. The second-order valence-electron chi connectivity index (χ2n) is 4.65. The number of rotatable bonds is 4. The van der Waals surface area contributed by atoms with Gasteiger partial charge in [0.2, 0.25) is 0 Å². The lowest BCUT2D eigenvalue weighted by molar-refractivity contribution is -0.136.